The van der Waals surface area contributed by atoms with Crippen LogP contribution in [0.4, 0.5) is 8.78 Å². The number of methoxy groups -OCH3 is 1. The van der Waals surface area contributed by atoms with Crippen LogP contribution in [0.5, 0.6) is 17.2 Å². The number of alkyl halides is 2. The molecule has 5 nitrogen and oxygen atoms in total. The van der Waals surface area contributed by atoms with Crippen LogP contribution in [0.2, 0.25) is 0 Å². The summed E-state index contributed by atoms with van der Waals surface area (Å²) in [7, 11) is 1.32. The Kier molecular flexibility index (Phi) is 6.43. The predicted molar refractivity (Wildman–Crippen MR) is 90.7 cm³/mol. The number of carbonyl (C=O) groups is 2. The van der Waals surface area contributed by atoms with Crippen LogP contribution >= 0.6 is 0 Å². The Labute approximate surface area is 148 Å². The van der Waals surface area contributed by atoms with Crippen molar-refractivity contribution in [1.82, 2.24) is 0 Å². The second-order valence-corrected chi connectivity index (χ2v) is 5.12. The summed E-state index contributed by atoms with van der Waals surface area (Å²) < 4.78 is 39.0. The van der Waals surface area contributed by atoms with E-state index in [2.05, 4.69) is 4.74 Å². The summed E-state index contributed by atoms with van der Waals surface area (Å²) in [6.45, 7) is -1.52. The van der Waals surface area contributed by atoms with Crippen LogP contribution < -0.4 is 14.2 Å². The fraction of sp³-hybridized carbons (Fsp3) is 0.158. The fourth-order valence-electron chi connectivity index (χ4n) is 2.05. The van der Waals surface area contributed by atoms with Crippen molar-refractivity contribution < 1.29 is 32.6 Å². The van der Waals surface area contributed by atoms with E-state index >= 15 is 0 Å². The van der Waals surface area contributed by atoms with Gasteiger partial charge in [-0.2, -0.15) is 8.78 Å². The summed E-state index contributed by atoms with van der Waals surface area (Å²) in [5.41, 5.74) is 1.05. The number of ketones is 1. The molecule has 2 aromatic rings. The summed E-state index contributed by atoms with van der Waals surface area (Å²) in [6.07, 6.45) is 2.63. The lowest BCUT2D eigenvalue weighted by atomic mass is 10.1. The summed E-state index contributed by atoms with van der Waals surface area (Å²) >= 11 is 0. The zero-order valence-corrected chi connectivity index (χ0v) is 14.1. The molecule has 0 fully saturated rings. The molecular formula is C19H16F2O5. The van der Waals surface area contributed by atoms with Gasteiger partial charge in [0.15, 0.2) is 17.3 Å². The van der Waals surface area contributed by atoms with E-state index in [1.165, 1.54) is 56.5 Å². The zero-order valence-electron chi connectivity index (χ0n) is 14.1. The average Bonchev–Trinajstić information content (AvgIpc) is 2.60. The van der Waals surface area contributed by atoms with E-state index in [4.69, 9.17) is 9.47 Å². The Hall–Kier alpha value is -3.22. The lowest BCUT2D eigenvalue weighted by molar-refractivity contribution is -0.128. The quantitative estimate of drug-likeness (QED) is 0.321. The summed E-state index contributed by atoms with van der Waals surface area (Å²) in [4.78, 5) is 23.0. The van der Waals surface area contributed by atoms with Crippen molar-refractivity contribution in [3.05, 3.63) is 59.7 Å². The molecule has 0 aliphatic rings. The van der Waals surface area contributed by atoms with Crippen molar-refractivity contribution in [2.24, 2.45) is 0 Å². The number of halogens is 2. The molecule has 26 heavy (non-hydrogen) atoms. The highest BCUT2D eigenvalue weighted by Crippen LogP contribution is 2.29. The largest absolute Gasteiger partial charge is 0.493 e. The highest BCUT2D eigenvalue weighted by Gasteiger charge is 2.10. The van der Waals surface area contributed by atoms with Crippen LogP contribution in [0.25, 0.3) is 6.08 Å². The van der Waals surface area contributed by atoms with Gasteiger partial charge in [-0.25, -0.2) is 4.79 Å². The number of Topliss-reactive ketones (excluding diaryl/α,β-unsaturated/α-hetero) is 1. The van der Waals surface area contributed by atoms with Crippen LogP contribution in [0.15, 0.2) is 48.5 Å². The third kappa shape index (κ3) is 5.41. The lowest BCUT2D eigenvalue weighted by Crippen LogP contribution is -2.04. The van der Waals surface area contributed by atoms with Crippen LogP contribution in [0.1, 0.15) is 22.8 Å². The molecule has 0 aromatic heterocycles. The minimum absolute atomic E-state index is 0.0870. The number of hydrogen-bond donors (Lipinski definition) is 0. The molecule has 0 aliphatic heterocycles. The molecule has 2 rings (SSSR count). The van der Waals surface area contributed by atoms with Gasteiger partial charge in [0.25, 0.3) is 0 Å². The smallest absolute Gasteiger partial charge is 0.387 e. The van der Waals surface area contributed by atoms with Gasteiger partial charge >= 0.3 is 12.6 Å². The van der Waals surface area contributed by atoms with E-state index in [1.54, 1.807) is 12.1 Å². The first-order valence-corrected chi connectivity index (χ1v) is 7.53. The molecule has 0 bridgehead atoms. The highest BCUT2D eigenvalue weighted by molar-refractivity contribution is 5.94. The standard InChI is InChI=1S/C19H16F2O5/c1-12(22)14-5-7-15(8-6-14)25-18(23)10-4-13-3-9-16(26-19(20)21)17(11-13)24-2/h3-11,19H,1-2H3/b10-4+. The van der Waals surface area contributed by atoms with E-state index in [-0.39, 0.29) is 17.3 Å². The molecule has 2 aromatic carbocycles. The van der Waals surface area contributed by atoms with E-state index in [1.807, 2.05) is 0 Å². The number of esters is 1. The maximum Gasteiger partial charge on any atom is 0.387 e. The van der Waals surface area contributed by atoms with Gasteiger partial charge in [0, 0.05) is 11.6 Å². The van der Waals surface area contributed by atoms with Gasteiger partial charge in [-0.05, 0) is 55.0 Å². The molecule has 0 heterocycles. The molecule has 0 saturated heterocycles. The molecule has 0 amide bonds. The number of ether oxygens (including phenoxy) is 3. The van der Waals surface area contributed by atoms with Crippen LogP contribution in [-0.2, 0) is 4.79 Å². The van der Waals surface area contributed by atoms with E-state index in [9.17, 15) is 18.4 Å². The molecule has 0 aliphatic carbocycles. The van der Waals surface area contributed by atoms with Crippen molar-refractivity contribution in [3.63, 3.8) is 0 Å². The van der Waals surface area contributed by atoms with Gasteiger partial charge < -0.3 is 14.2 Å². The van der Waals surface area contributed by atoms with E-state index < -0.39 is 12.6 Å². The average molecular weight is 362 g/mol. The third-order valence-electron chi connectivity index (χ3n) is 3.29. The van der Waals surface area contributed by atoms with Gasteiger partial charge in [0.2, 0.25) is 0 Å². The number of hydrogen-bond acceptors (Lipinski definition) is 5. The van der Waals surface area contributed by atoms with Gasteiger partial charge in [-0.3, -0.25) is 4.79 Å². The van der Waals surface area contributed by atoms with Crippen LogP contribution in [-0.4, -0.2) is 25.5 Å². The molecule has 7 heteroatoms. The third-order valence-corrected chi connectivity index (χ3v) is 3.29. The number of benzene rings is 2. The fourth-order valence-corrected chi connectivity index (χ4v) is 2.05. The van der Waals surface area contributed by atoms with Gasteiger partial charge in [-0.1, -0.05) is 6.07 Å². The minimum atomic E-state index is -2.96. The lowest BCUT2D eigenvalue weighted by Gasteiger charge is -2.10. The topological polar surface area (TPSA) is 61.8 Å². The monoisotopic (exact) mass is 362 g/mol. The summed E-state index contributed by atoms with van der Waals surface area (Å²) in [5.74, 6) is -0.417. The molecule has 136 valence electrons. The Balaban J connectivity index is 2.04. The van der Waals surface area contributed by atoms with Gasteiger partial charge in [-0.15, -0.1) is 0 Å². The molecule has 0 saturated carbocycles. The molecular weight excluding hydrogens is 346 g/mol. The summed E-state index contributed by atoms with van der Waals surface area (Å²) in [6, 6.07) is 10.4. The minimum Gasteiger partial charge on any atom is -0.493 e. The van der Waals surface area contributed by atoms with Crippen molar-refractivity contribution in [2.75, 3.05) is 7.11 Å². The van der Waals surface area contributed by atoms with Crippen molar-refractivity contribution >= 4 is 17.8 Å². The van der Waals surface area contributed by atoms with Crippen molar-refractivity contribution in [2.45, 2.75) is 13.5 Å². The molecule has 0 radical (unpaired) electrons. The Bertz CT molecular complexity index is 813. The maximum atomic E-state index is 12.3. The van der Waals surface area contributed by atoms with Crippen LogP contribution in [0, 0.1) is 0 Å². The maximum absolute atomic E-state index is 12.3. The van der Waals surface area contributed by atoms with Crippen molar-refractivity contribution in [1.29, 1.82) is 0 Å². The Morgan fingerprint density at radius 3 is 2.31 bits per heavy atom. The zero-order chi connectivity index (χ0) is 19.1. The molecule has 0 spiro atoms. The highest BCUT2D eigenvalue weighted by atomic mass is 19.3. The van der Waals surface area contributed by atoms with E-state index in [0.717, 1.165) is 0 Å². The van der Waals surface area contributed by atoms with Crippen LogP contribution in [0.3, 0.4) is 0 Å². The van der Waals surface area contributed by atoms with Gasteiger partial charge in [0.1, 0.15) is 5.75 Å². The molecule has 0 unspecified atom stereocenters. The molecule has 0 atom stereocenters. The number of carbonyl (C=O) groups excluding carboxylic acids is 2. The van der Waals surface area contributed by atoms with E-state index in [0.29, 0.717) is 16.9 Å². The number of rotatable bonds is 7. The first kappa shape index (κ1) is 19.1. The first-order valence-electron chi connectivity index (χ1n) is 7.53. The summed E-state index contributed by atoms with van der Waals surface area (Å²) in [5, 5.41) is 0. The normalized spacial score (nSPS) is 10.8. The molecule has 0 N–H and O–H groups in total. The second kappa shape index (κ2) is 8.75. The predicted octanol–water partition coefficient (Wildman–Crippen LogP) is 4.12. The van der Waals surface area contributed by atoms with Gasteiger partial charge in [0.05, 0.1) is 7.11 Å². The SMILES string of the molecule is COc1cc(/C=C/C(=O)Oc2ccc(C(C)=O)cc2)ccc1OC(F)F. The van der Waals surface area contributed by atoms with Crippen molar-refractivity contribution in [3.8, 4) is 17.2 Å². The first-order chi connectivity index (χ1) is 12.4. The second-order valence-electron chi connectivity index (χ2n) is 5.12. The Morgan fingerprint density at radius 1 is 1.04 bits per heavy atom. The Morgan fingerprint density at radius 2 is 1.73 bits per heavy atom.